The zero-order valence-electron chi connectivity index (χ0n) is 17.0. The van der Waals surface area contributed by atoms with Gasteiger partial charge in [0.25, 0.3) is 0 Å². The summed E-state index contributed by atoms with van der Waals surface area (Å²) in [7, 11) is 0. The van der Waals surface area contributed by atoms with Gasteiger partial charge in [-0.15, -0.1) is 11.3 Å². The van der Waals surface area contributed by atoms with Crippen LogP contribution >= 0.6 is 11.3 Å². The fraction of sp³-hybridized carbons (Fsp3) is 0.333. The quantitative estimate of drug-likeness (QED) is 0.469. The standard InChI is InChI=1S/C24H25FO5S/c1-13-2-3-15(23-21(28)22(29)24(30-23)19(27)12-26)10-16(13)11-18-8-9-20(31-18)14-4-6-17(25)7-5-14/h2-10,19,21-24,26-29H,11-12H2,1H3/t19-,21-,22-,23-,24+/m0/s1. The SMILES string of the molecule is Cc1ccc([C@@H]2O[C@H]([C@@H](O)CO)[C@@H](O)[C@@H]2O)cc1Cc1ccc(-c2ccc(F)cc2)s1. The van der Waals surface area contributed by atoms with Crippen molar-refractivity contribution in [3.05, 3.63) is 82.0 Å². The van der Waals surface area contributed by atoms with Gasteiger partial charge in [0.05, 0.1) is 6.61 Å². The molecule has 0 unspecified atom stereocenters. The summed E-state index contributed by atoms with van der Waals surface area (Å²) in [5, 5.41) is 39.7. The van der Waals surface area contributed by atoms with Crippen molar-refractivity contribution >= 4 is 11.3 Å². The number of hydrogen-bond donors (Lipinski definition) is 4. The van der Waals surface area contributed by atoms with Gasteiger partial charge in [0.2, 0.25) is 0 Å². The highest BCUT2D eigenvalue weighted by Crippen LogP contribution is 2.36. The monoisotopic (exact) mass is 444 g/mol. The number of hydrogen-bond acceptors (Lipinski definition) is 6. The van der Waals surface area contributed by atoms with E-state index in [4.69, 9.17) is 9.84 Å². The van der Waals surface area contributed by atoms with Crippen molar-refractivity contribution in [2.45, 2.75) is 43.9 Å². The lowest BCUT2D eigenvalue weighted by Crippen LogP contribution is -2.40. The summed E-state index contributed by atoms with van der Waals surface area (Å²) in [6.07, 6.45) is -4.92. The molecule has 5 atom stereocenters. The van der Waals surface area contributed by atoms with Crippen LogP contribution in [-0.2, 0) is 11.2 Å². The predicted octanol–water partition coefficient (Wildman–Crippen LogP) is 2.97. The second-order valence-corrected chi connectivity index (χ2v) is 9.06. The van der Waals surface area contributed by atoms with Gasteiger partial charge < -0.3 is 25.2 Å². The van der Waals surface area contributed by atoms with Crippen molar-refractivity contribution in [1.82, 2.24) is 0 Å². The molecule has 1 aromatic heterocycles. The van der Waals surface area contributed by atoms with Crippen LogP contribution in [0.3, 0.4) is 0 Å². The maximum Gasteiger partial charge on any atom is 0.123 e. The van der Waals surface area contributed by atoms with E-state index < -0.39 is 37.1 Å². The molecule has 1 aliphatic rings. The van der Waals surface area contributed by atoms with E-state index in [0.29, 0.717) is 12.0 Å². The molecule has 0 amide bonds. The Morgan fingerprint density at radius 3 is 2.48 bits per heavy atom. The zero-order chi connectivity index (χ0) is 22.1. The summed E-state index contributed by atoms with van der Waals surface area (Å²) in [6.45, 7) is 1.45. The first-order chi connectivity index (χ1) is 14.9. The molecule has 5 nitrogen and oxygen atoms in total. The molecule has 7 heteroatoms. The lowest BCUT2D eigenvalue weighted by molar-refractivity contribution is -0.0820. The third kappa shape index (κ3) is 4.57. The Morgan fingerprint density at radius 1 is 1.03 bits per heavy atom. The first-order valence-corrected chi connectivity index (χ1v) is 10.9. The van der Waals surface area contributed by atoms with Gasteiger partial charge >= 0.3 is 0 Å². The van der Waals surface area contributed by atoms with Gasteiger partial charge in [-0.05, 0) is 53.4 Å². The van der Waals surface area contributed by atoms with Gasteiger partial charge in [-0.2, -0.15) is 0 Å². The molecule has 1 fully saturated rings. The molecule has 0 spiro atoms. The zero-order valence-corrected chi connectivity index (χ0v) is 17.8. The van der Waals surface area contributed by atoms with Crippen LogP contribution in [0.1, 0.15) is 27.7 Å². The first-order valence-electron chi connectivity index (χ1n) is 10.1. The number of aryl methyl sites for hydroxylation is 1. The minimum atomic E-state index is -1.28. The summed E-state index contributed by atoms with van der Waals surface area (Å²) >= 11 is 1.64. The van der Waals surface area contributed by atoms with E-state index >= 15 is 0 Å². The molecule has 4 rings (SSSR count). The lowest BCUT2D eigenvalue weighted by atomic mass is 9.95. The van der Waals surface area contributed by atoms with Crippen LogP contribution in [-0.4, -0.2) is 51.4 Å². The van der Waals surface area contributed by atoms with Crippen LogP contribution in [0.15, 0.2) is 54.6 Å². The molecule has 2 heterocycles. The molecule has 0 radical (unpaired) electrons. The van der Waals surface area contributed by atoms with E-state index in [-0.39, 0.29) is 5.82 Å². The van der Waals surface area contributed by atoms with Gasteiger partial charge in [-0.25, -0.2) is 4.39 Å². The summed E-state index contributed by atoms with van der Waals surface area (Å²) in [5.41, 5.74) is 3.81. The Hall–Kier alpha value is -2.13. The summed E-state index contributed by atoms with van der Waals surface area (Å²) in [6, 6.07) is 16.2. The molecule has 0 bridgehead atoms. The van der Waals surface area contributed by atoms with Gasteiger partial charge in [0, 0.05) is 16.2 Å². The van der Waals surface area contributed by atoms with Crippen molar-refractivity contribution in [3.63, 3.8) is 0 Å². The number of aliphatic hydroxyl groups is 4. The molecular formula is C24H25FO5S. The van der Waals surface area contributed by atoms with E-state index in [1.807, 2.05) is 37.3 Å². The van der Waals surface area contributed by atoms with Gasteiger partial charge in [0.1, 0.15) is 36.3 Å². The lowest BCUT2D eigenvalue weighted by Gasteiger charge is -2.19. The summed E-state index contributed by atoms with van der Waals surface area (Å²) in [5.74, 6) is -0.261. The maximum atomic E-state index is 13.2. The Kier molecular flexibility index (Phi) is 6.52. The highest BCUT2D eigenvalue weighted by Gasteiger charge is 2.46. The molecule has 164 valence electrons. The Bertz CT molecular complexity index is 1030. The van der Waals surface area contributed by atoms with Crippen LogP contribution in [0, 0.1) is 12.7 Å². The van der Waals surface area contributed by atoms with E-state index in [2.05, 4.69) is 0 Å². The highest BCUT2D eigenvalue weighted by atomic mass is 32.1. The topological polar surface area (TPSA) is 90.2 Å². The second-order valence-electron chi connectivity index (χ2n) is 7.89. The molecule has 1 saturated heterocycles. The fourth-order valence-corrected chi connectivity index (χ4v) is 4.93. The molecular weight excluding hydrogens is 419 g/mol. The van der Waals surface area contributed by atoms with Crippen molar-refractivity contribution in [1.29, 1.82) is 0 Å². The van der Waals surface area contributed by atoms with Gasteiger partial charge in [-0.3, -0.25) is 0 Å². The third-order valence-corrected chi connectivity index (χ3v) is 6.86. The van der Waals surface area contributed by atoms with Crippen molar-refractivity contribution in [2.24, 2.45) is 0 Å². The third-order valence-electron chi connectivity index (χ3n) is 5.72. The van der Waals surface area contributed by atoms with E-state index in [9.17, 15) is 19.7 Å². The largest absolute Gasteiger partial charge is 0.394 e. The number of halogens is 1. The Labute approximate surface area is 184 Å². The first kappa shape index (κ1) is 22.1. The van der Waals surface area contributed by atoms with Gasteiger partial charge in [-0.1, -0.05) is 30.3 Å². The van der Waals surface area contributed by atoms with Gasteiger partial charge in [0.15, 0.2) is 0 Å². The highest BCUT2D eigenvalue weighted by molar-refractivity contribution is 7.15. The number of ether oxygens (including phenoxy) is 1. The molecule has 4 N–H and O–H groups in total. The molecule has 0 aliphatic carbocycles. The minimum Gasteiger partial charge on any atom is -0.394 e. The minimum absolute atomic E-state index is 0.261. The number of thiophene rings is 1. The fourth-order valence-electron chi connectivity index (χ4n) is 3.89. The van der Waals surface area contributed by atoms with Crippen LogP contribution in [0.2, 0.25) is 0 Å². The van der Waals surface area contributed by atoms with E-state index in [0.717, 1.165) is 26.4 Å². The molecule has 2 aromatic carbocycles. The van der Waals surface area contributed by atoms with Crippen LogP contribution in [0.25, 0.3) is 10.4 Å². The second kappa shape index (κ2) is 9.16. The number of benzene rings is 2. The van der Waals surface area contributed by atoms with E-state index in [1.54, 1.807) is 23.5 Å². The smallest absolute Gasteiger partial charge is 0.123 e. The average molecular weight is 445 g/mol. The molecule has 1 aliphatic heterocycles. The molecule has 31 heavy (non-hydrogen) atoms. The predicted molar refractivity (Wildman–Crippen MR) is 116 cm³/mol. The molecule has 3 aromatic rings. The Morgan fingerprint density at radius 2 is 1.77 bits per heavy atom. The Balaban J connectivity index is 1.54. The maximum absolute atomic E-state index is 13.2. The summed E-state index contributed by atoms with van der Waals surface area (Å²) in [4.78, 5) is 2.20. The van der Waals surface area contributed by atoms with Crippen LogP contribution < -0.4 is 0 Å². The van der Waals surface area contributed by atoms with Crippen molar-refractivity contribution in [2.75, 3.05) is 6.61 Å². The molecule has 0 saturated carbocycles. The van der Waals surface area contributed by atoms with Crippen LogP contribution in [0.4, 0.5) is 4.39 Å². The van der Waals surface area contributed by atoms with Crippen molar-refractivity contribution in [3.8, 4) is 10.4 Å². The van der Waals surface area contributed by atoms with E-state index in [1.165, 1.54) is 12.1 Å². The van der Waals surface area contributed by atoms with Crippen LogP contribution in [0.5, 0.6) is 0 Å². The number of aliphatic hydroxyl groups excluding tert-OH is 4. The van der Waals surface area contributed by atoms with Crippen molar-refractivity contribution < 1.29 is 29.6 Å². The number of rotatable bonds is 6. The normalized spacial score (nSPS) is 24.5. The summed E-state index contributed by atoms with van der Waals surface area (Å²) < 4.78 is 18.9. The average Bonchev–Trinajstić information content (AvgIpc) is 3.35.